The average molecular weight is 356 g/mol. The van der Waals surface area contributed by atoms with E-state index in [0.717, 1.165) is 11.3 Å². The Balaban J connectivity index is 1.91. The highest BCUT2D eigenvalue weighted by molar-refractivity contribution is 6.02. The summed E-state index contributed by atoms with van der Waals surface area (Å²) in [7, 11) is 0. The number of hydrogen-bond donors (Lipinski definition) is 1. The summed E-state index contributed by atoms with van der Waals surface area (Å²) in [5.74, 6) is 1.26. The highest BCUT2D eigenvalue weighted by Gasteiger charge is 2.26. The zero-order chi connectivity index (χ0) is 19.0. The van der Waals surface area contributed by atoms with Crippen LogP contribution in [0.15, 0.2) is 18.2 Å². The molecule has 0 fully saturated rings. The summed E-state index contributed by atoms with van der Waals surface area (Å²) >= 11 is 0. The highest BCUT2D eigenvalue weighted by Crippen LogP contribution is 2.33. The molecule has 1 N–H and O–H groups in total. The molecular weight excluding hydrogens is 332 g/mol. The van der Waals surface area contributed by atoms with Gasteiger partial charge in [0.25, 0.3) is 5.91 Å². The molecule has 3 rings (SSSR count). The fraction of sp³-hybridized carbons (Fsp3) is 0.400. The lowest BCUT2D eigenvalue weighted by atomic mass is 10.1. The molecule has 0 aliphatic carbocycles. The van der Waals surface area contributed by atoms with Crippen LogP contribution in [-0.2, 0) is 6.54 Å². The van der Waals surface area contributed by atoms with E-state index in [1.54, 1.807) is 4.90 Å². The summed E-state index contributed by atoms with van der Waals surface area (Å²) in [6.45, 7) is 9.77. The van der Waals surface area contributed by atoms with Crippen LogP contribution in [0, 0.1) is 13.8 Å². The monoisotopic (exact) mass is 356 g/mol. The number of benzene rings is 1. The number of carbonyl (C=O) groups excluding carboxylic acids is 2. The van der Waals surface area contributed by atoms with Gasteiger partial charge in [0.15, 0.2) is 17.3 Å². The second-order valence-corrected chi connectivity index (χ2v) is 6.90. The molecule has 26 heavy (non-hydrogen) atoms. The number of nitrogens with zero attached hydrogens (tertiary/aromatic N) is 1. The number of ether oxygens (including phenoxy) is 2. The van der Waals surface area contributed by atoms with Crippen molar-refractivity contribution in [1.29, 1.82) is 0 Å². The molecule has 6 heteroatoms. The minimum Gasteiger partial charge on any atom is -0.454 e. The molecule has 1 aliphatic rings. The van der Waals surface area contributed by atoms with Crippen LogP contribution in [0.1, 0.15) is 58.4 Å². The molecule has 0 bridgehead atoms. The lowest BCUT2D eigenvalue weighted by molar-refractivity contribution is 0.0689. The number of nitrogens with one attached hydrogen (secondary N) is 1. The second kappa shape index (κ2) is 6.86. The van der Waals surface area contributed by atoms with Gasteiger partial charge >= 0.3 is 0 Å². The van der Waals surface area contributed by atoms with E-state index >= 15 is 0 Å². The third-order valence-electron chi connectivity index (χ3n) is 4.68. The number of H-pyrrole nitrogens is 1. The smallest absolute Gasteiger partial charge is 0.256 e. The topological polar surface area (TPSA) is 71.6 Å². The van der Waals surface area contributed by atoms with Crippen LogP contribution in [0.3, 0.4) is 0 Å². The molecule has 1 amide bonds. The van der Waals surface area contributed by atoms with Crippen LogP contribution in [0.4, 0.5) is 0 Å². The Labute approximate surface area is 153 Å². The van der Waals surface area contributed by atoms with Gasteiger partial charge in [-0.1, -0.05) is 6.07 Å². The lowest BCUT2D eigenvalue weighted by Gasteiger charge is -2.27. The fourth-order valence-electron chi connectivity index (χ4n) is 3.29. The molecule has 1 aromatic carbocycles. The van der Waals surface area contributed by atoms with Crippen LogP contribution < -0.4 is 9.47 Å². The van der Waals surface area contributed by atoms with E-state index in [1.165, 1.54) is 6.92 Å². The van der Waals surface area contributed by atoms with Gasteiger partial charge in [-0.15, -0.1) is 0 Å². The van der Waals surface area contributed by atoms with Crippen LogP contribution in [0.2, 0.25) is 0 Å². The van der Waals surface area contributed by atoms with Crippen LogP contribution >= 0.6 is 0 Å². The van der Waals surface area contributed by atoms with Crippen molar-refractivity contribution in [2.24, 2.45) is 0 Å². The molecule has 6 nitrogen and oxygen atoms in total. The van der Waals surface area contributed by atoms with Crippen molar-refractivity contribution < 1.29 is 19.1 Å². The van der Waals surface area contributed by atoms with E-state index < -0.39 is 0 Å². The van der Waals surface area contributed by atoms with E-state index in [0.29, 0.717) is 34.8 Å². The van der Waals surface area contributed by atoms with Crippen molar-refractivity contribution in [3.63, 3.8) is 0 Å². The van der Waals surface area contributed by atoms with Gasteiger partial charge in [-0.25, -0.2) is 0 Å². The maximum atomic E-state index is 13.2. The summed E-state index contributed by atoms with van der Waals surface area (Å²) in [5, 5.41) is 0. The normalized spacial score (nSPS) is 12.5. The molecule has 0 spiro atoms. The molecular formula is C20H24N2O4. The van der Waals surface area contributed by atoms with Gasteiger partial charge in [0.1, 0.15) is 0 Å². The molecule has 0 saturated carbocycles. The standard InChI is InChI=1S/C20H24N2O4/c1-11(2)22(9-15-6-7-16-17(8-15)26-10-25-16)20(24)18-12(3)19(14(5)23)21-13(18)4/h6-8,11,21H,9-10H2,1-5H3. The maximum absolute atomic E-state index is 13.2. The number of rotatable bonds is 5. The number of Topliss-reactive ketones (excluding diaryl/α,β-unsaturated/α-hetero) is 1. The molecule has 138 valence electrons. The minimum atomic E-state index is -0.0867. The van der Waals surface area contributed by atoms with Crippen molar-refractivity contribution in [3.05, 3.63) is 46.3 Å². The fourth-order valence-corrected chi connectivity index (χ4v) is 3.29. The van der Waals surface area contributed by atoms with Crippen LogP contribution in [-0.4, -0.2) is 34.4 Å². The molecule has 1 aromatic heterocycles. The number of ketones is 1. The van der Waals surface area contributed by atoms with E-state index in [4.69, 9.17) is 9.47 Å². The number of amides is 1. The summed E-state index contributed by atoms with van der Waals surface area (Å²) in [4.78, 5) is 29.9. The second-order valence-electron chi connectivity index (χ2n) is 6.90. The predicted molar refractivity (Wildman–Crippen MR) is 97.8 cm³/mol. The summed E-state index contributed by atoms with van der Waals surface area (Å²) < 4.78 is 10.8. The van der Waals surface area contributed by atoms with Crippen LogP contribution in [0.25, 0.3) is 0 Å². The zero-order valence-corrected chi connectivity index (χ0v) is 15.8. The van der Waals surface area contributed by atoms with E-state index in [-0.39, 0.29) is 24.5 Å². The number of aromatic nitrogens is 1. The number of fused-ring (bicyclic) bond motifs is 1. The first kappa shape index (κ1) is 18.0. The van der Waals surface area contributed by atoms with Gasteiger partial charge in [0.2, 0.25) is 6.79 Å². The van der Waals surface area contributed by atoms with Gasteiger partial charge in [-0.2, -0.15) is 0 Å². The Kier molecular flexibility index (Phi) is 4.76. The minimum absolute atomic E-state index is 0.00222. The van der Waals surface area contributed by atoms with Crippen molar-refractivity contribution in [1.82, 2.24) is 9.88 Å². The Hall–Kier alpha value is -2.76. The Morgan fingerprint density at radius 1 is 1.19 bits per heavy atom. The van der Waals surface area contributed by atoms with Gasteiger partial charge in [0.05, 0.1) is 11.3 Å². The lowest BCUT2D eigenvalue weighted by Crippen LogP contribution is -2.37. The number of aromatic amines is 1. The van der Waals surface area contributed by atoms with Crippen molar-refractivity contribution in [2.75, 3.05) is 6.79 Å². The van der Waals surface area contributed by atoms with E-state index in [1.807, 2.05) is 45.9 Å². The first-order chi connectivity index (χ1) is 12.3. The SMILES string of the molecule is CC(=O)c1[nH]c(C)c(C(=O)N(Cc2ccc3c(c2)OCO3)C(C)C)c1C. The summed E-state index contributed by atoms with van der Waals surface area (Å²) in [6, 6.07) is 5.71. The Morgan fingerprint density at radius 3 is 2.50 bits per heavy atom. The first-order valence-corrected chi connectivity index (χ1v) is 8.69. The average Bonchev–Trinajstić information content (AvgIpc) is 3.15. The molecule has 0 unspecified atom stereocenters. The highest BCUT2D eigenvalue weighted by atomic mass is 16.7. The maximum Gasteiger partial charge on any atom is 0.256 e. The van der Waals surface area contributed by atoms with Gasteiger partial charge in [-0.3, -0.25) is 9.59 Å². The number of carbonyl (C=O) groups is 2. The van der Waals surface area contributed by atoms with Crippen molar-refractivity contribution in [3.8, 4) is 11.5 Å². The molecule has 1 aliphatic heterocycles. The largest absolute Gasteiger partial charge is 0.454 e. The Morgan fingerprint density at radius 2 is 1.88 bits per heavy atom. The number of hydrogen-bond acceptors (Lipinski definition) is 4. The van der Waals surface area contributed by atoms with E-state index in [9.17, 15) is 9.59 Å². The molecule has 0 saturated heterocycles. The molecule has 2 aromatic rings. The number of aryl methyl sites for hydroxylation is 1. The molecule has 0 radical (unpaired) electrons. The quantitative estimate of drug-likeness (QED) is 0.831. The van der Waals surface area contributed by atoms with Crippen LogP contribution in [0.5, 0.6) is 11.5 Å². The van der Waals surface area contributed by atoms with Gasteiger partial charge in [0, 0.05) is 25.2 Å². The Bertz CT molecular complexity index is 867. The van der Waals surface area contributed by atoms with E-state index in [2.05, 4.69) is 4.98 Å². The van der Waals surface area contributed by atoms with Crippen molar-refractivity contribution in [2.45, 2.75) is 47.2 Å². The third kappa shape index (κ3) is 3.19. The van der Waals surface area contributed by atoms with Gasteiger partial charge < -0.3 is 19.4 Å². The van der Waals surface area contributed by atoms with Crippen molar-refractivity contribution >= 4 is 11.7 Å². The predicted octanol–water partition coefficient (Wildman–Crippen LogP) is 3.61. The first-order valence-electron chi connectivity index (χ1n) is 8.69. The zero-order valence-electron chi connectivity index (χ0n) is 15.8. The van der Waals surface area contributed by atoms with Gasteiger partial charge in [-0.05, 0) is 51.0 Å². The third-order valence-corrected chi connectivity index (χ3v) is 4.68. The molecule has 2 heterocycles. The summed E-state index contributed by atoms with van der Waals surface area (Å²) in [5.41, 5.74) is 3.46. The summed E-state index contributed by atoms with van der Waals surface area (Å²) in [6.07, 6.45) is 0. The molecule has 0 atom stereocenters.